The van der Waals surface area contributed by atoms with Crippen molar-refractivity contribution >= 4 is 17.1 Å². The Balaban J connectivity index is 2.13. The molecule has 1 atom stereocenters. The third-order valence-corrected chi connectivity index (χ3v) is 3.69. The minimum absolute atomic E-state index is 0.0578. The first kappa shape index (κ1) is 13.9. The molecule has 2 rings (SSSR count). The number of thiazole rings is 1. The van der Waals surface area contributed by atoms with Crippen LogP contribution in [0.2, 0.25) is 0 Å². The predicted octanol–water partition coefficient (Wildman–Crippen LogP) is 3.34. The molecule has 1 aromatic carbocycles. The van der Waals surface area contributed by atoms with E-state index in [1.807, 2.05) is 49.6 Å². The lowest BCUT2D eigenvalue weighted by atomic mass is 10.0. The summed E-state index contributed by atoms with van der Waals surface area (Å²) in [6.45, 7) is 4.35. The number of carbonyl (C=O) groups excluding carboxylic acids is 1. The second-order valence-corrected chi connectivity index (χ2v) is 5.21. The Labute approximate surface area is 117 Å². The Morgan fingerprint density at radius 3 is 2.68 bits per heavy atom. The number of aryl methyl sites for hydroxylation is 1. The van der Waals surface area contributed by atoms with Crippen LogP contribution in [0.25, 0.3) is 0 Å². The van der Waals surface area contributed by atoms with Gasteiger partial charge in [0.2, 0.25) is 0 Å². The first-order valence-electron chi connectivity index (χ1n) is 6.31. The molecular formula is C15H17NO2S. The monoisotopic (exact) mass is 275 g/mol. The first-order valence-corrected chi connectivity index (χ1v) is 7.19. The molecule has 100 valence electrons. The maximum atomic E-state index is 12.4. The summed E-state index contributed by atoms with van der Waals surface area (Å²) in [5.41, 5.74) is 1.86. The lowest BCUT2D eigenvalue weighted by Gasteiger charge is -2.15. The van der Waals surface area contributed by atoms with Crippen molar-refractivity contribution in [3.8, 4) is 0 Å². The van der Waals surface area contributed by atoms with Gasteiger partial charge in [0, 0.05) is 17.7 Å². The standard InChI is InChI=1S/C15H17NO2S/c1-3-18-15(12-7-5-4-6-8-12)13(17)9-14-16-11(2)10-19-14/h4-8,10,15H,3,9H2,1-2H3. The fourth-order valence-corrected chi connectivity index (χ4v) is 2.68. The normalized spacial score (nSPS) is 12.3. The summed E-state index contributed by atoms with van der Waals surface area (Å²) < 4.78 is 5.60. The van der Waals surface area contributed by atoms with E-state index in [2.05, 4.69) is 4.98 Å². The summed E-state index contributed by atoms with van der Waals surface area (Å²) in [6.07, 6.45) is -0.159. The molecule has 0 amide bonds. The highest BCUT2D eigenvalue weighted by Crippen LogP contribution is 2.21. The van der Waals surface area contributed by atoms with Crippen LogP contribution in [-0.2, 0) is 16.0 Å². The van der Waals surface area contributed by atoms with Gasteiger partial charge >= 0.3 is 0 Å². The summed E-state index contributed by atoms with van der Waals surface area (Å²) in [7, 11) is 0. The molecule has 0 spiro atoms. The lowest BCUT2D eigenvalue weighted by molar-refractivity contribution is -0.130. The highest BCUT2D eigenvalue weighted by Gasteiger charge is 2.21. The molecular weight excluding hydrogens is 258 g/mol. The number of Topliss-reactive ketones (excluding diaryl/α,β-unsaturated/α-hetero) is 1. The fourth-order valence-electron chi connectivity index (χ4n) is 1.90. The second-order valence-electron chi connectivity index (χ2n) is 4.27. The minimum Gasteiger partial charge on any atom is -0.366 e. The number of rotatable bonds is 6. The van der Waals surface area contributed by atoms with Crippen molar-refractivity contribution in [1.82, 2.24) is 4.98 Å². The Morgan fingerprint density at radius 2 is 2.11 bits per heavy atom. The van der Waals surface area contributed by atoms with Crippen LogP contribution in [0.3, 0.4) is 0 Å². The number of aromatic nitrogens is 1. The van der Waals surface area contributed by atoms with Gasteiger partial charge in [-0.25, -0.2) is 4.98 Å². The maximum absolute atomic E-state index is 12.4. The van der Waals surface area contributed by atoms with Gasteiger partial charge in [-0.2, -0.15) is 0 Å². The SMILES string of the molecule is CCOC(C(=O)Cc1nc(C)cs1)c1ccccc1. The van der Waals surface area contributed by atoms with E-state index >= 15 is 0 Å². The molecule has 0 bridgehead atoms. The van der Waals surface area contributed by atoms with Gasteiger partial charge < -0.3 is 4.74 Å². The summed E-state index contributed by atoms with van der Waals surface area (Å²) in [5, 5.41) is 2.81. The minimum atomic E-state index is -0.490. The number of benzene rings is 1. The molecule has 2 aromatic rings. The van der Waals surface area contributed by atoms with E-state index in [9.17, 15) is 4.79 Å². The number of nitrogens with zero attached hydrogens (tertiary/aromatic N) is 1. The molecule has 1 heterocycles. The van der Waals surface area contributed by atoms with E-state index in [1.54, 1.807) is 0 Å². The van der Waals surface area contributed by atoms with Crippen LogP contribution in [0.1, 0.15) is 29.3 Å². The van der Waals surface area contributed by atoms with E-state index < -0.39 is 6.10 Å². The Morgan fingerprint density at radius 1 is 1.37 bits per heavy atom. The van der Waals surface area contributed by atoms with Crippen LogP contribution >= 0.6 is 11.3 Å². The van der Waals surface area contributed by atoms with Crippen molar-refractivity contribution in [2.24, 2.45) is 0 Å². The van der Waals surface area contributed by atoms with E-state index in [0.29, 0.717) is 13.0 Å². The molecule has 0 aliphatic rings. The fraction of sp³-hybridized carbons (Fsp3) is 0.333. The molecule has 0 N–H and O–H groups in total. The van der Waals surface area contributed by atoms with Gasteiger partial charge in [0.05, 0.1) is 6.42 Å². The van der Waals surface area contributed by atoms with Gasteiger partial charge in [-0.15, -0.1) is 11.3 Å². The molecule has 0 saturated heterocycles. The van der Waals surface area contributed by atoms with E-state index in [1.165, 1.54) is 11.3 Å². The van der Waals surface area contributed by atoms with Crippen LogP contribution in [0.5, 0.6) is 0 Å². The molecule has 0 saturated carbocycles. The molecule has 0 aliphatic heterocycles. The zero-order chi connectivity index (χ0) is 13.7. The van der Waals surface area contributed by atoms with Crippen LogP contribution in [-0.4, -0.2) is 17.4 Å². The van der Waals surface area contributed by atoms with Crippen molar-refractivity contribution in [3.63, 3.8) is 0 Å². The van der Waals surface area contributed by atoms with Crippen LogP contribution in [0, 0.1) is 6.92 Å². The third kappa shape index (κ3) is 3.72. The largest absolute Gasteiger partial charge is 0.366 e. The average molecular weight is 275 g/mol. The van der Waals surface area contributed by atoms with Gasteiger partial charge in [-0.05, 0) is 19.4 Å². The third-order valence-electron chi connectivity index (χ3n) is 2.72. The molecule has 19 heavy (non-hydrogen) atoms. The molecule has 4 heteroatoms. The van der Waals surface area contributed by atoms with Crippen molar-refractivity contribution in [1.29, 1.82) is 0 Å². The smallest absolute Gasteiger partial charge is 0.172 e. The highest BCUT2D eigenvalue weighted by molar-refractivity contribution is 7.09. The average Bonchev–Trinajstić information content (AvgIpc) is 2.82. The Kier molecular flexibility index (Phi) is 4.82. The quantitative estimate of drug-likeness (QED) is 0.811. The topological polar surface area (TPSA) is 39.2 Å². The molecule has 3 nitrogen and oxygen atoms in total. The van der Waals surface area contributed by atoms with Gasteiger partial charge in [-0.3, -0.25) is 4.79 Å². The summed E-state index contributed by atoms with van der Waals surface area (Å²) >= 11 is 1.52. The molecule has 1 unspecified atom stereocenters. The van der Waals surface area contributed by atoms with E-state index in [0.717, 1.165) is 16.3 Å². The number of ketones is 1. The zero-order valence-corrected chi connectivity index (χ0v) is 11.9. The van der Waals surface area contributed by atoms with Gasteiger partial charge in [-0.1, -0.05) is 30.3 Å². The maximum Gasteiger partial charge on any atom is 0.172 e. The Hall–Kier alpha value is -1.52. The Bertz CT molecular complexity index is 536. The number of hydrogen-bond donors (Lipinski definition) is 0. The van der Waals surface area contributed by atoms with Crippen molar-refractivity contribution in [2.75, 3.05) is 6.61 Å². The molecule has 0 radical (unpaired) electrons. The van der Waals surface area contributed by atoms with Crippen LogP contribution in [0.15, 0.2) is 35.7 Å². The summed E-state index contributed by atoms with van der Waals surface area (Å²) in [4.78, 5) is 16.7. The summed E-state index contributed by atoms with van der Waals surface area (Å²) in [5.74, 6) is 0.0578. The first-order chi connectivity index (χ1) is 9.20. The predicted molar refractivity (Wildman–Crippen MR) is 76.4 cm³/mol. The van der Waals surface area contributed by atoms with Crippen molar-refractivity contribution in [2.45, 2.75) is 26.4 Å². The number of hydrogen-bond acceptors (Lipinski definition) is 4. The van der Waals surface area contributed by atoms with E-state index in [4.69, 9.17) is 4.74 Å². The summed E-state index contributed by atoms with van der Waals surface area (Å²) in [6, 6.07) is 9.61. The van der Waals surface area contributed by atoms with Crippen LogP contribution in [0.4, 0.5) is 0 Å². The van der Waals surface area contributed by atoms with Crippen molar-refractivity contribution < 1.29 is 9.53 Å². The lowest BCUT2D eigenvalue weighted by Crippen LogP contribution is -2.18. The number of carbonyl (C=O) groups is 1. The molecule has 1 aromatic heterocycles. The molecule has 0 fully saturated rings. The zero-order valence-electron chi connectivity index (χ0n) is 11.1. The highest BCUT2D eigenvalue weighted by atomic mass is 32.1. The van der Waals surface area contributed by atoms with E-state index in [-0.39, 0.29) is 5.78 Å². The number of ether oxygens (including phenoxy) is 1. The second kappa shape index (κ2) is 6.59. The molecule has 0 aliphatic carbocycles. The van der Waals surface area contributed by atoms with Gasteiger partial charge in [0.25, 0.3) is 0 Å². The van der Waals surface area contributed by atoms with Gasteiger partial charge in [0.1, 0.15) is 11.1 Å². The van der Waals surface area contributed by atoms with Crippen LogP contribution < -0.4 is 0 Å². The van der Waals surface area contributed by atoms with Crippen molar-refractivity contribution in [3.05, 3.63) is 52.0 Å². The van der Waals surface area contributed by atoms with Gasteiger partial charge in [0.15, 0.2) is 5.78 Å².